The number of benzene rings is 1. The summed E-state index contributed by atoms with van der Waals surface area (Å²) in [4.78, 5) is 13.9. The number of carbonyl (C=O) groups is 1. The Morgan fingerprint density at radius 1 is 1.41 bits per heavy atom. The molecule has 1 aromatic carbocycles. The second-order valence-electron chi connectivity index (χ2n) is 5.89. The van der Waals surface area contributed by atoms with Gasteiger partial charge in [-0.25, -0.2) is 4.39 Å². The zero-order valence-electron chi connectivity index (χ0n) is 12.9. The summed E-state index contributed by atoms with van der Waals surface area (Å²) >= 11 is 0. The van der Waals surface area contributed by atoms with E-state index in [0.29, 0.717) is 24.1 Å². The smallest absolute Gasteiger partial charge is 0.310 e. The highest BCUT2D eigenvalue weighted by atomic mass is 19.1. The SMILES string of the molecule is CCOC(=O)Cc1ccc([C@H]2C[C@@H]2N2CCOCC2)cc1F. The number of ether oxygens (including phenoxy) is 2. The predicted octanol–water partition coefficient (Wildman–Crippen LogP) is 2.12. The van der Waals surface area contributed by atoms with Crippen molar-refractivity contribution < 1.29 is 18.7 Å². The molecule has 0 unspecified atom stereocenters. The minimum absolute atomic E-state index is 0.00247. The van der Waals surface area contributed by atoms with Gasteiger partial charge in [-0.15, -0.1) is 0 Å². The molecule has 2 atom stereocenters. The molecule has 120 valence electrons. The second-order valence-corrected chi connectivity index (χ2v) is 5.89. The van der Waals surface area contributed by atoms with Gasteiger partial charge in [0.15, 0.2) is 0 Å². The molecule has 2 aliphatic rings. The molecule has 2 fully saturated rings. The topological polar surface area (TPSA) is 38.8 Å². The normalized spacial score (nSPS) is 25.0. The molecular formula is C17H22FNO3. The van der Waals surface area contributed by atoms with E-state index < -0.39 is 0 Å². The van der Waals surface area contributed by atoms with Crippen LogP contribution in [0.1, 0.15) is 30.4 Å². The first-order valence-electron chi connectivity index (χ1n) is 7.94. The van der Waals surface area contributed by atoms with Gasteiger partial charge in [-0.3, -0.25) is 9.69 Å². The Labute approximate surface area is 130 Å². The Morgan fingerprint density at radius 2 is 2.18 bits per heavy atom. The van der Waals surface area contributed by atoms with Crippen LogP contribution in [0.4, 0.5) is 4.39 Å². The maximum Gasteiger partial charge on any atom is 0.310 e. The first-order chi connectivity index (χ1) is 10.7. The minimum atomic E-state index is -0.383. The Kier molecular flexibility index (Phi) is 4.74. The molecule has 4 nitrogen and oxygen atoms in total. The predicted molar refractivity (Wildman–Crippen MR) is 80.3 cm³/mol. The molecule has 1 aliphatic heterocycles. The van der Waals surface area contributed by atoms with Crippen LogP contribution in [0.2, 0.25) is 0 Å². The zero-order chi connectivity index (χ0) is 15.5. The summed E-state index contributed by atoms with van der Waals surface area (Å²) in [6.45, 7) is 5.57. The number of esters is 1. The van der Waals surface area contributed by atoms with E-state index >= 15 is 0 Å². The third-order valence-corrected chi connectivity index (χ3v) is 4.42. The lowest BCUT2D eigenvalue weighted by atomic mass is 10.0. The van der Waals surface area contributed by atoms with Crippen molar-refractivity contribution in [2.75, 3.05) is 32.9 Å². The quantitative estimate of drug-likeness (QED) is 0.781. The highest BCUT2D eigenvalue weighted by molar-refractivity contribution is 5.72. The first-order valence-corrected chi connectivity index (χ1v) is 7.94. The van der Waals surface area contributed by atoms with Gasteiger partial charge in [-0.2, -0.15) is 0 Å². The van der Waals surface area contributed by atoms with Crippen molar-refractivity contribution in [1.82, 2.24) is 4.90 Å². The molecule has 0 spiro atoms. The molecule has 22 heavy (non-hydrogen) atoms. The van der Waals surface area contributed by atoms with Crippen LogP contribution in [0.15, 0.2) is 18.2 Å². The van der Waals surface area contributed by atoms with Gasteiger partial charge < -0.3 is 9.47 Å². The third-order valence-electron chi connectivity index (χ3n) is 4.42. The summed E-state index contributed by atoms with van der Waals surface area (Å²) in [6.07, 6.45) is 1.08. The molecule has 1 heterocycles. The average molecular weight is 307 g/mol. The number of carbonyl (C=O) groups excluding carboxylic acids is 1. The van der Waals surface area contributed by atoms with Crippen LogP contribution in [-0.4, -0.2) is 49.8 Å². The molecule has 5 heteroatoms. The Balaban J connectivity index is 1.62. The van der Waals surface area contributed by atoms with E-state index in [0.717, 1.165) is 38.3 Å². The summed E-state index contributed by atoms with van der Waals surface area (Å²) in [5, 5.41) is 0. The van der Waals surface area contributed by atoms with Crippen LogP contribution in [0.3, 0.4) is 0 Å². The Hall–Kier alpha value is -1.46. The fourth-order valence-electron chi connectivity index (χ4n) is 3.16. The second kappa shape index (κ2) is 6.75. The van der Waals surface area contributed by atoms with Crippen molar-refractivity contribution in [2.24, 2.45) is 0 Å². The van der Waals surface area contributed by atoms with E-state index in [4.69, 9.17) is 9.47 Å². The summed E-state index contributed by atoms with van der Waals surface area (Å²) in [7, 11) is 0. The Bertz CT molecular complexity index is 543. The van der Waals surface area contributed by atoms with E-state index in [-0.39, 0.29) is 18.2 Å². The minimum Gasteiger partial charge on any atom is -0.466 e. The maximum absolute atomic E-state index is 14.2. The van der Waals surface area contributed by atoms with E-state index in [9.17, 15) is 9.18 Å². The molecule has 0 radical (unpaired) electrons. The van der Waals surface area contributed by atoms with Gasteiger partial charge in [0, 0.05) is 25.0 Å². The summed E-state index contributed by atoms with van der Waals surface area (Å²) in [5.74, 6) is -0.283. The van der Waals surface area contributed by atoms with Gasteiger partial charge in [-0.05, 0) is 30.5 Å². The molecule has 1 aliphatic carbocycles. The van der Waals surface area contributed by atoms with Crippen molar-refractivity contribution in [3.05, 3.63) is 35.1 Å². The highest BCUT2D eigenvalue weighted by Gasteiger charge is 2.43. The number of hydrogen-bond donors (Lipinski definition) is 0. The number of halogens is 1. The standard InChI is InChI=1S/C17H22FNO3/c1-2-22-17(20)10-13-4-3-12(9-15(13)18)14-11-16(14)19-5-7-21-8-6-19/h3-4,9,14,16H,2,5-8,10-11H2,1H3/t14-,16+/m1/s1. The van der Waals surface area contributed by atoms with Crippen LogP contribution in [-0.2, 0) is 20.7 Å². The lowest BCUT2D eigenvalue weighted by molar-refractivity contribution is -0.142. The molecule has 0 bridgehead atoms. The lowest BCUT2D eigenvalue weighted by Gasteiger charge is -2.27. The van der Waals surface area contributed by atoms with Gasteiger partial charge >= 0.3 is 5.97 Å². The number of nitrogens with zero attached hydrogens (tertiary/aromatic N) is 1. The van der Waals surface area contributed by atoms with E-state index in [1.807, 2.05) is 6.07 Å². The molecule has 3 rings (SSSR count). The van der Waals surface area contributed by atoms with Crippen LogP contribution in [0.25, 0.3) is 0 Å². The van der Waals surface area contributed by atoms with Gasteiger partial charge in [-0.1, -0.05) is 12.1 Å². The van der Waals surface area contributed by atoms with Gasteiger partial charge in [0.2, 0.25) is 0 Å². The summed E-state index contributed by atoms with van der Waals surface area (Å²) in [6, 6.07) is 5.76. The van der Waals surface area contributed by atoms with Gasteiger partial charge in [0.05, 0.1) is 26.2 Å². The van der Waals surface area contributed by atoms with Gasteiger partial charge in [0.25, 0.3) is 0 Å². The number of rotatable bonds is 5. The molecule has 1 saturated heterocycles. The Morgan fingerprint density at radius 3 is 2.86 bits per heavy atom. The van der Waals surface area contributed by atoms with E-state index in [2.05, 4.69) is 4.90 Å². The maximum atomic E-state index is 14.2. The number of morpholine rings is 1. The molecular weight excluding hydrogens is 285 g/mol. The van der Waals surface area contributed by atoms with Crippen LogP contribution in [0, 0.1) is 5.82 Å². The van der Waals surface area contributed by atoms with Crippen LogP contribution in [0.5, 0.6) is 0 Å². The van der Waals surface area contributed by atoms with Crippen molar-refractivity contribution >= 4 is 5.97 Å². The van der Waals surface area contributed by atoms with Crippen molar-refractivity contribution in [3.63, 3.8) is 0 Å². The monoisotopic (exact) mass is 307 g/mol. The fraction of sp³-hybridized carbons (Fsp3) is 0.588. The van der Waals surface area contributed by atoms with Crippen molar-refractivity contribution in [2.45, 2.75) is 31.7 Å². The molecule has 0 aromatic heterocycles. The van der Waals surface area contributed by atoms with Crippen LogP contribution >= 0.6 is 0 Å². The largest absolute Gasteiger partial charge is 0.466 e. The third kappa shape index (κ3) is 3.47. The van der Waals surface area contributed by atoms with Gasteiger partial charge in [0.1, 0.15) is 5.82 Å². The van der Waals surface area contributed by atoms with E-state index in [1.54, 1.807) is 19.1 Å². The molecule has 1 saturated carbocycles. The first kappa shape index (κ1) is 15.4. The average Bonchev–Trinajstić information content (AvgIpc) is 3.31. The summed E-state index contributed by atoms with van der Waals surface area (Å²) < 4.78 is 24.4. The molecule has 1 aromatic rings. The van der Waals surface area contributed by atoms with Crippen molar-refractivity contribution in [1.29, 1.82) is 0 Å². The number of hydrogen-bond acceptors (Lipinski definition) is 4. The molecule has 0 amide bonds. The molecule has 0 N–H and O–H groups in total. The fourth-order valence-corrected chi connectivity index (χ4v) is 3.16. The summed E-state index contributed by atoms with van der Waals surface area (Å²) in [5.41, 5.74) is 1.44. The highest BCUT2D eigenvalue weighted by Crippen LogP contribution is 2.45. The lowest BCUT2D eigenvalue weighted by Crippen LogP contribution is -2.38. The van der Waals surface area contributed by atoms with E-state index in [1.165, 1.54) is 0 Å². The van der Waals surface area contributed by atoms with Crippen LogP contribution < -0.4 is 0 Å². The zero-order valence-corrected chi connectivity index (χ0v) is 12.9. The van der Waals surface area contributed by atoms with Crippen molar-refractivity contribution in [3.8, 4) is 0 Å².